The lowest BCUT2D eigenvalue weighted by atomic mass is 10.2. The molecule has 0 unspecified atom stereocenters. The van der Waals surface area contributed by atoms with Crippen LogP contribution in [0.5, 0.6) is 0 Å². The number of carbonyl (C=O) groups excluding carboxylic acids is 1. The normalized spacial score (nSPS) is 17.6. The summed E-state index contributed by atoms with van der Waals surface area (Å²) in [6.07, 6.45) is 1.84. The maximum atomic E-state index is 11.9. The molecule has 1 heterocycles. The van der Waals surface area contributed by atoms with E-state index in [-0.39, 0.29) is 6.09 Å². The topological polar surface area (TPSA) is 68.0 Å². The van der Waals surface area contributed by atoms with Crippen LogP contribution in [0.1, 0.15) is 33.6 Å². The second-order valence-corrected chi connectivity index (χ2v) is 5.89. The smallest absolute Gasteiger partial charge is 0.410 e. The Bertz CT molecular complexity index is 271. The van der Waals surface area contributed by atoms with Crippen LogP contribution in [0, 0.1) is 0 Å². The van der Waals surface area contributed by atoms with Crippen LogP contribution in [-0.2, 0) is 9.57 Å². The summed E-state index contributed by atoms with van der Waals surface area (Å²) in [5.41, 5.74) is -0.420. The Kier molecular flexibility index (Phi) is 6.54. The Hall–Kier alpha value is -0.850. The summed E-state index contributed by atoms with van der Waals surface area (Å²) in [4.78, 5) is 20.6. The van der Waals surface area contributed by atoms with Gasteiger partial charge in [0.25, 0.3) is 0 Å². The SMILES string of the molecule is CC(C)(C)OC(=O)N1CCN(CCCCON)CC1. The van der Waals surface area contributed by atoms with Gasteiger partial charge in [0.05, 0.1) is 6.61 Å². The van der Waals surface area contributed by atoms with E-state index in [1.54, 1.807) is 4.90 Å². The lowest BCUT2D eigenvalue weighted by Gasteiger charge is -2.35. The summed E-state index contributed by atoms with van der Waals surface area (Å²) >= 11 is 0. The molecule has 2 N–H and O–H groups in total. The number of hydrogen-bond acceptors (Lipinski definition) is 5. The van der Waals surface area contributed by atoms with Gasteiger partial charge < -0.3 is 14.5 Å². The van der Waals surface area contributed by atoms with Gasteiger partial charge in [0.15, 0.2) is 0 Å². The van der Waals surface area contributed by atoms with Gasteiger partial charge in [-0.3, -0.25) is 4.90 Å². The summed E-state index contributed by atoms with van der Waals surface area (Å²) in [5, 5.41) is 0. The van der Waals surface area contributed by atoms with Crippen LogP contribution >= 0.6 is 0 Å². The molecule has 0 bridgehead atoms. The minimum absolute atomic E-state index is 0.205. The predicted molar refractivity (Wildman–Crippen MR) is 73.6 cm³/mol. The number of hydrogen-bond donors (Lipinski definition) is 1. The first-order chi connectivity index (χ1) is 8.92. The lowest BCUT2D eigenvalue weighted by Crippen LogP contribution is -2.50. The molecular formula is C13H27N3O3. The molecule has 19 heavy (non-hydrogen) atoms. The zero-order valence-electron chi connectivity index (χ0n) is 12.4. The van der Waals surface area contributed by atoms with Crippen LogP contribution in [0.2, 0.25) is 0 Å². The molecule has 0 saturated carbocycles. The van der Waals surface area contributed by atoms with Crippen molar-refractivity contribution < 1.29 is 14.4 Å². The quantitative estimate of drug-likeness (QED) is 0.602. The summed E-state index contributed by atoms with van der Waals surface area (Å²) in [6, 6.07) is 0. The van der Waals surface area contributed by atoms with Crippen molar-refractivity contribution in [1.82, 2.24) is 9.80 Å². The molecule has 0 aromatic heterocycles. The maximum absolute atomic E-state index is 11.9. The van der Waals surface area contributed by atoms with Crippen LogP contribution in [0.4, 0.5) is 4.79 Å². The van der Waals surface area contributed by atoms with Crippen molar-refractivity contribution in [2.45, 2.75) is 39.2 Å². The molecule has 1 aliphatic heterocycles. The molecule has 1 amide bonds. The highest BCUT2D eigenvalue weighted by Crippen LogP contribution is 2.12. The molecule has 1 aliphatic rings. The van der Waals surface area contributed by atoms with E-state index in [0.717, 1.165) is 45.6 Å². The molecule has 0 aromatic rings. The first kappa shape index (κ1) is 16.2. The van der Waals surface area contributed by atoms with E-state index >= 15 is 0 Å². The van der Waals surface area contributed by atoms with Crippen molar-refractivity contribution in [3.8, 4) is 0 Å². The molecule has 1 fully saturated rings. The monoisotopic (exact) mass is 273 g/mol. The van der Waals surface area contributed by atoms with E-state index in [2.05, 4.69) is 9.74 Å². The predicted octanol–water partition coefficient (Wildman–Crippen LogP) is 1.21. The Morgan fingerprint density at radius 3 is 2.32 bits per heavy atom. The number of ether oxygens (including phenoxy) is 1. The van der Waals surface area contributed by atoms with E-state index in [9.17, 15) is 4.79 Å². The van der Waals surface area contributed by atoms with Crippen LogP contribution in [0.3, 0.4) is 0 Å². The Morgan fingerprint density at radius 1 is 1.16 bits per heavy atom. The van der Waals surface area contributed by atoms with Gasteiger partial charge in [-0.2, -0.15) is 0 Å². The molecule has 6 heteroatoms. The molecule has 0 aromatic carbocycles. The van der Waals surface area contributed by atoms with Gasteiger partial charge >= 0.3 is 6.09 Å². The van der Waals surface area contributed by atoms with E-state index in [4.69, 9.17) is 10.6 Å². The molecule has 6 nitrogen and oxygen atoms in total. The van der Waals surface area contributed by atoms with Crippen molar-refractivity contribution in [1.29, 1.82) is 0 Å². The van der Waals surface area contributed by atoms with Gasteiger partial charge in [-0.1, -0.05) is 0 Å². The summed E-state index contributed by atoms with van der Waals surface area (Å²) in [7, 11) is 0. The van der Waals surface area contributed by atoms with Crippen molar-refractivity contribution in [2.75, 3.05) is 39.3 Å². The van der Waals surface area contributed by atoms with Gasteiger partial charge in [0.2, 0.25) is 0 Å². The fraction of sp³-hybridized carbons (Fsp3) is 0.923. The number of nitrogens with zero attached hydrogens (tertiary/aromatic N) is 2. The molecule has 0 radical (unpaired) electrons. The van der Waals surface area contributed by atoms with Crippen LogP contribution in [-0.4, -0.2) is 60.8 Å². The van der Waals surface area contributed by atoms with Gasteiger partial charge in [-0.25, -0.2) is 10.7 Å². The first-order valence-electron chi connectivity index (χ1n) is 6.94. The van der Waals surface area contributed by atoms with E-state index in [1.165, 1.54) is 0 Å². The average Bonchev–Trinajstić information content (AvgIpc) is 2.33. The van der Waals surface area contributed by atoms with E-state index in [1.807, 2.05) is 20.8 Å². The van der Waals surface area contributed by atoms with Gasteiger partial charge in [-0.15, -0.1) is 0 Å². The largest absolute Gasteiger partial charge is 0.444 e. The lowest BCUT2D eigenvalue weighted by molar-refractivity contribution is 0.0142. The Balaban J connectivity index is 2.19. The molecule has 0 spiro atoms. The van der Waals surface area contributed by atoms with E-state index in [0.29, 0.717) is 6.61 Å². The minimum Gasteiger partial charge on any atom is -0.444 e. The molecule has 0 atom stereocenters. The number of nitrogens with two attached hydrogens (primary N) is 1. The number of piperazine rings is 1. The molecule has 112 valence electrons. The maximum Gasteiger partial charge on any atom is 0.410 e. The standard InChI is InChI=1S/C13H27N3O3/c1-13(2,3)19-12(17)16-9-7-15(8-10-16)6-4-5-11-18-14/h4-11,14H2,1-3H3. The highest BCUT2D eigenvalue weighted by Gasteiger charge is 2.25. The third kappa shape index (κ3) is 6.75. The van der Waals surface area contributed by atoms with Crippen molar-refractivity contribution >= 4 is 6.09 Å². The van der Waals surface area contributed by atoms with Crippen LogP contribution < -0.4 is 5.90 Å². The fourth-order valence-corrected chi connectivity index (χ4v) is 2.00. The van der Waals surface area contributed by atoms with Crippen LogP contribution in [0.25, 0.3) is 0 Å². The van der Waals surface area contributed by atoms with Crippen molar-refractivity contribution in [3.05, 3.63) is 0 Å². The van der Waals surface area contributed by atoms with Crippen molar-refractivity contribution in [2.24, 2.45) is 5.90 Å². The molecular weight excluding hydrogens is 246 g/mol. The third-order valence-electron chi connectivity index (χ3n) is 3.01. The second kappa shape index (κ2) is 7.67. The minimum atomic E-state index is -0.420. The van der Waals surface area contributed by atoms with Crippen LogP contribution in [0.15, 0.2) is 0 Å². The third-order valence-corrected chi connectivity index (χ3v) is 3.01. The van der Waals surface area contributed by atoms with Gasteiger partial charge in [0.1, 0.15) is 5.60 Å². The Labute approximate surface area is 115 Å². The number of carbonyl (C=O) groups is 1. The number of unbranched alkanes of at least 4 members (excludes halogenated alkanes) is 1. The second-order valence-electron chi connectivity index (χ2n) is 5.89. The Morgan fingerprint density at radius 2 is 1.79 bits per heavy atom. The zero-order chi connectivity index (χ0) is 14.3. The highest BCUT2D eigenvalue weighted by molar-refractivity contribution is 5.68. The number of rotatable bonds is 5. The zero-order valence-corrected chi connectivity index (χ0v) is 12.4. The van der Waals surface area contributed by atoms with E-state index < -0.39 is 5.60 Å². The fourth-order valence-electron chi connectivity index (χ4n) is 2.00. The summed E-state index contributed by atoms with van der Waals surface area (Å²) in [5.74, 6) is 4.98. The van der Waals surface area contributed by atoms with Gasteiger partial charge in [-0.05, 0) is 40.2 Å². The first-order valence-corrected chi connectivity index (χ1v) is 6.94. The van der Waals surface area contributed by atoms with Crippen molar-refractivity contribution in [3.63, 3.8) is 0 Å². The van der Waals surface area contributed by atoms with Gasteiger partial charge in [0, 0.05) is 26.2 Å². The molecule has 1 rings (SSSR count). The summed E-state index contributed by atoms with van der Waals surface area (Å²) < 4.78 is 5.36. The summed E-state index contributed by atoms with van der Waals surface area (Å²) in [6.45, 7) is 10.6. The highest BCUT2D eigenvalue weighted by atomic mass is 16.6. The molecule has 1 saturated heterocycles. The molecule has 0 aliphatic carbocycles. The number of amides is 1. The average molecular weight is 273 g/mol.